The predicted molar refractivity (Wildman–Crippen MR) is 72.5 cm³/mol. The number of rotatable bonds is 3. The van der Waals surface area contributed by atoms with E-state index in [0.717, 1.165) is 39.4 Å². The van der Waals surface area contributed by atoms with Gasteiger partial charge >= 0.3 is 0 Å². The maximum atomic E-state index is 5.38. The Balaban J connectivity index is 1.64. The molecule has 0 amide bonds. The van der Waals surface area contributed by atoms with E-state index in [1.807, 2.05) is 0 Å². The van der Waals surface area contributed by atoms with Gasteiger partial charge in [-0.05, 0) is 30.2 Å². The van der Waals surface area contributed by atoms with Crippen LogP contribution in [0.1, 0.15) is 18.1 Å². The molecule has 0 spiro atoms. The largest absolute Gasteiger partial charge is 0.379 e. The molecule has 98 valence electrons. The Morgan fingerprint density at radius 3 is 2.83 bits per heavy atom. The molecule has 2 aliphatic heterocycles. The van der Waals surface area contributed by atoms with Crippen LogP contribution in [0.3, 0.4) is 0 Å². The Hall–Kier alpha value is -1.10. The zero-order chi connectivity index (χ0) is 12.4. The Labute approximate surface area is 108 Å². The summed E-state index contributed by atoms with van der Waals surface area (Å²) < 4.78 is 5.38. The summed E-state index contributed by atoms with van der Waals surface area (Å²) in [5.74, 6) is 0. The summed E-state index contributed by atoms with van der Waals surface area (Å²) in [5.41, 5.74) is 4.07. The number of hydrogen-bond donors (Lipinski definition) is 2. The van der Waals surface area contributed by atoms with Gasteiger partial charge < -0.3 is 15.4 Å². The highest BCUT2D eigenvalue weighted by Crippen LogP contribution is 2.21. The number of hydrogen-bond acceptors (Lipinski definition) is 4. The Bertz CT molecular complexity index is 416. The molecule has 1 aromatic rings. The van der Waals surface area contributed by atoms with E-state index in [9.17, 15) is 0 Å². The van der Waals surface area contributed by atoms with E-state index >= 15 is 0 Å². The quantitative estimate of drug-likeness (QED) is 0.846. The minimum absolute atomic E-state index is 0.362. The summed E-state index contributed by atoms with van der Waals surface area (Å²) in [5, 5.41) is 6.96. The maximum Gasteiger partial charge on any atom is 0.0765 e. The van der Waals surface area contributed by atoms with Crippen LogP contribution in [-0.2, 0) is 17.8 Å². The molecule has 3 rings (SSSR count). The van der Waals surface area contributed by atoms with Crippen LogP contribution in [0, 0.1) is 0 Å². The molecule has 2 heterocycles. The van der Waals surface area contributed by atoms with Gasteiger partial charge in [0, 0.05) is 31.9 Å². The SMILES string of the molecule is CC(Nc1ccc2c(c1)CNC2)N1CCOCC1. The van der Waals surface area contributed by atoms with Crippen molar-refractivity contribution in [1.29, 1.82) is 0 Å². The van der Waals surface area contributed by atoms with Gasteiger partial charge in [0.25, 0.3) is 0 Å². The average molecular weight is 247 g/mol. The van der Waals surface area contributed by atoms with Gasteiger partial charge in [-0.1, -0.05) is 6.07 Å². The molecule has 4 nitrogen and oxygen atoms in total. The fourth-order valence-corrected chi connectivity index (χ4v) is 2.68. The van der Waals surface area contributed by atoms with Gasteiger partial charge in [-0.25, -0.2) is 0 Å². The summed E-state index contributed by atoms with van der Waals surface area (Å²) >= 11 is 0. The minimum Gasteiger partial charge on any atom is -0.379 e. The number of fused-ring (bicyclic) bond motifs is 1. The second-order valence-electron chi connectivity index (χ2n) is 5.06. The van der Waals surface area contributed by atoms with Crippen molar-refractivity contribution < 1.29 is 4.74 Å². The van der Waals surface area contributed by atoms with Crippen molar-refractivity contribution in [2.75, 3.05) is 31.6 Å². The summed E-state index contributed by atoms with van der Waals surface area (Å²) in [6.45, 7) is 7.95. The van der Waals surface area contributed by atoms with Crippen molar-refractivity contribution in [3.63, 3.8) is 0 Å². The standard InChI is InChI=1S/C14H21N3O/c1-11(17-4-6-18-7-5-17)16-14-3-2-12-9-15-10-13(12)8-14/h2-3,8,11,15-16H,4-7,9-10H2,1H3. The van der Waals surface area contributed by atoms with Gasteiger partial charge in [-0.15, -0.1) is 0 Å². The van der Waals surface area contributed by atoms with Gasteiger partial charge in [0.05, 0.1) is 19.4 Å². The Morgan fingerprint density at radius 2 is 2.00 bits per heavy atom. The zero-order valence-corrected chi connectivity index (χ0v) is 10.9. The first kappa shape index (κ1) is 12.0. The topological polar surface area (TPSA) is 36.5 Å². The van der Waals surface area contributed by atoms with E-state index in [1.165, 1.54) is 16.8 Å². The smallest absolute Gasteiger partial charge is 0.0765 e. The van der Waals surface area contributed by atoms with Crippen LogP contribution >= 0.6 is 0 Å². The van der Waals surface area contributed by atoms with Gasteiger partial charge in [0.1, 0.15) is 0 Å². The Morgan fingerprint density at radius 1 is 1.22 bits per heavy atom. The van der Waals surface area contributed by atoms with E-state index in [-0.39, 0.29) is 0 Å². The highest BCUT2D eigenvalue weighted by atomic mass is 16.5. The van der Waals surface area contributed by atoms with Crippen LogP contribution in [0.2, 0.25) is 0 Å². The zero-order valence-electron chi connectivity index (χ0n) is 10.9. The van der Waals surface area contributed by atoms with Crippen molar-refractivity contribution in [2.45, 2.75) is 26.2 Å². The van der Waals surface area contributed by atoms with Crippen LogP contribution in [0.15, 0.2) is 18.2 Å². The fourth-order valence-electron chi connectivity index (χ4n) is 2.68. The normalized spacial score (nSPS) is 21.6. The van der Waals surface area contributed by atoms with E-state index in [1.54, 1.807) is 0 Å². The van der Waals surface area contributed by atoms with Crippen molar-refractivity contribution >= 4 is 5.69 Å². The van der Waals surface area contributed by atoms with Crippen LogP contribution < -0.4 is 10.6 Å². The van der Waals surface area contributed by atoms with Crippen LogP contribution in [0.5, 0.6) is 0 Å². The molecule has 0 saturated carbocycles. The average Bonchev–Trinajstić information content (AvgIpc) is 2.87. The number of ether oxygens (including phenoxy) is 1. The molecule has 4 heteroatoms. The fraction of sp³-hybridized carbons (Fsp3) is 0.571. The first-order chi connectivity index (χ1) is 8.83. The van der Waals surface area contributed by atoms with Crippen molar-refractivity contribution in [1.82, 2.24) is 10.2 Å². The van der Waals surface area contributed by atoms with Crippen LogP contribution in [0.4, 0.5) is 5.69 Å². The molecule has 0 radical (unpaired) electrons. The summed E-state index contributed by atoms with van der Waals surface area (Å²) in [6, 6.07) is 6.68. The molecule has 0 bridgehead atoms. The lowest BCUT2D eigenvalue weighted by atomic mass is 10.1. The molecule has 18 heavy (non-hydrogen) atoms. The van der Waals surface area contributed by atoms with Gasteiger partial charge in [-0.2, -0.15) is 0 Å². The maximum absolute atomic E-state index is 5.38. The molecule has 0 aromatic heterocycles. The highest BCUT2D eigenvalue weighted by molar-refractivity contribution is 5.50. The number of nitrogens with one attached hydrogen (secondary N) is 2. The lowest BCUT2D eigenvalue weighted by molar-refractivity contribution is 0.0254. The van der Waals surface area contributed by atoms with Crippen molar-refractivity contribution in [2.24, 2.45) is 0 Å². The van der Waals surface area contributed by atoms with Gasteiger partial charge in [0.2, 0.25) is 0 Å². The molecule has 1 fully saturated rings. The van der Waals surface area contributed by atoms with Gasteiger partial charge in [0.15, 0.2) is 0 Å². The summed E-state index contributed by atoms with van der Waals surface area (Å²) in [7, 11) is 0. The van der Waals surface area contributed by atoms with Crippen LogP contribution in [0.25, 0.3) is 0 Å². The van der Waals surface area contributed by atoms with E-state index in [0.29, 0.717) is 6.17 Å². The lowest BCUT2D eigenvalue weighted by Gasteiger charge is -2.33. The number of nitrogens with zero attached hydrogens (tertiary/aromatic N) is 1. The van der Waals surface area contributed by atoms with Crippen molar-refractivity contribution in [3.05, 3.63) is 29.3 Å². The molecule has 1 aromatic carbocycles. The molecule has 2 aliphatic rings. The second-order valence-corrected chi connectivity index (χ2v) is 5.06. The molecular weight excluding hydrogens is 226 g/mol. The molecule has 1 unspecified atom stereocenters. The highest BCUT2D eigenvalue weighted by Gasteiger charge is 2.17. The number of benzene rings is 1. The molecule has 0 aliphatic carbocycles. The third kappa shape index (κ3) is 2.51. The first-order valence-corrected chi connectivity index (χ1v) is 6.74. The third-order valence-corrected chi connectivity index (χ3v) is 3.81. The first-order valence-electron chi connectivity index (χ1n) is 6.74. The van der Waals surface area contributed by atoms with E-state index < -0.39 is 0 Å². The molecular formula is C14H21N3O. The predicted octanol–water partition coefficient (Wildman–Crippen LogP) is 1.38. The third-order valence-electron chi connectivity index (χ3n) is 3.81. The lowest BCUT2D eigenvalue weighted by Crippen LogP contribution is -2.45. The minimum atomic E-state index is 0.362. The Kier molecular flexibility index (Phi) is 3.50. The number of morpholine rings is 1. The van der Waals surface area contributed by atoms with Gasteiger partial charge in [-0.3, -0.25) is 4.90 Å². The van der Waals surface area contributed by atoms with E-state index in [2.05, 4.69) is 40.7 Å². The van der Waals surface area contributed by atoms with E-state index in [4.69, 9.17) is 4.74 Å². The monoisotopic (exact) mass is 247 g/mol. The molecule has 2 N–H and O–H groups in total. The number of anilines is 1. The second kappa shape index (κ2) is 5.26. The molecule has 1 saturated heterocycles. The summed E-state index contributed by atoms with van der Waals surface area (Å²) in [6.07, 6.45) is 0.362. The molecule has 1 atom stereocenters. The van der Waals surface area contributed by atoms with Crippen molar-refractivity contribution in [3.8, 4) is 0 Å². The summed E-state index contributed by atoms with van der Waals surface area (Å²) in [4.78, 5) is 2.43. The van der Waals surface area contributed by atoms with Crippen LogP contribution in [-0.4, -0.2) is 37.4 Å².